The van der Waals surface area contributed by atoms with E-state index in [1.807, 2.05) is 0 Å². The van der Waals surface area contributed by atoms with Crippen LogP contribution in [-0.4, -0.2) is 63.3 Å². The molecule has 4 heterocycles. The van der Waals surface area contributed by atoms with Gasteiger partial charge in [0, 0.05) is 5.38 Å². The second kappa shape index (κ2) is 6.55. The first-order valence-electron chi connectivity index (χ1n) is 8.06. The molecule has 1 amide bonds. The van der Waals surface area contributed by atoms with Crippen molar-refractivity contribution in [1.29, 1.82) is 0 Å². The van der Waals surface area contributed by atoms with Crippen LogP contribution in [0.1, 0.15) is 21.9 Å². The van der Waals surface area contributed by atoms with Gasteiger partial charge in [0.05, 0.1) is 24.9 Å². The van der Waals surface area contributed by atoms with Crippen LogP contribution in [0, 0.1) is 6.92 Å². The molecule has 0 bridgehead atoms. The lowest BCUT2D eigenvalue weighted by atomic mass is 10.1. The number of ether oxygens (including phenoxy) is 2. The number of alkyl halides is 3. The van der Waals surface area contributed by atoms with Crippen LogP contribution < -0.4 is 5.32 Å². The average molecular weight is 404 g/mol. The summed E-state index contributed by atoms with van der Waals surface area (Å²) < 4.78 is 50.9. The summed E-state index contributed by atoms with van der Waals surface area (Å²) >= 11 is 0.878. The molecule has 2 aliphatic rings. The normalized spacial score (nSPS) is 27.7. The van der Waals surface area contributed by atoms with Crippen LogP contribution in [0.3, 0.4) is 0 Å². The summed E-state index contributed by atoms with van der Waals surface area (Å²) in [5, 5.41) is 17.5. The van der Waals surface area contributed by atoms with Crippen LogP contribution >= 0.6 is 11.3 Å². The van der Waals surface area contributed by atoms with Crippen LogP contribution in [0.25, 0.3) is 5.13 Å². The third-order valence-electron chi connectivity index (χ3n) is 4.37. The first-order chi connectivity index (χ1) is 12.7. The van der Waals surface area contributed by atoms with Gasteiger partial charge in [0.1, 0.15) is 24.0 Å². The van der Waals surface area contributed by atoms with E-state index >= 15 is 0 Å². The topological polar surface area (TPSA) is 98.5 Å². The first-order valence-corrected chi connectivity index (χ1v) is 8.94. The van der Waals surface area contributed by atoms with Gasteiger partial charge in [0.15, 0.2) is 5.69 Å². The summed E-state index contributed by atoms with van der Waals surface area (Å²) in [5.41, 5.74) is -0.797. The maximum Gasteiger partial charge on any atom is 0.433 e. The molecule has 2 aromatic rings. The highest BCUT2D eigenvalue weighted by atomic mass is 32.1. The van der Waals surface area contributed by atoms with Crippen LogP contribution in [-0.2, 0) is 15.7 Å². The van der Waals surface area contributed by atoms with Gasteiger partial charge in [-0.2, -0.15) is 18.3 Å². The number of hydrogen-bond acceptors (Lipinski definition) is 7. The monoisotopic (exact) mass is 404 g/mol. The molecule has 0 saturated carbocycles. The SMILES string of the molecule is Cc1cc(C(F)(F)F)n(-c2nc(C(=O)N[C@@H]3CO[C@H]4[C@@H]3OC[C@H]4O)cs2)n1. The van der Waals surface area contributed by atoms with Gasteiger partial charge in [0.2, 0.25) is 5.13 Å². The summed E-state index contributed by atoms with van der Waals surface area (Å²) in [6.07, 6.45) is -6.30. The lowest BCUT2D eigenvalue weighted by Gasteiger charge is -2.16. The van der Waals surface area contributed by atoms with E-state index in [4.69, 9.17) is 9.47 Å². The fourth-order valence-electron chi connectivity index (χ4n) is 3.16. The van der Waals surface area contributed by atoms with Crippen molar-refractivity contribution in [1.82, 2.24) is 20.1 Å². The quantitative estimate of drug-likeness (QED) is 0.789. The number of carbonyl (C=O) groups is 1. The maximum atomic E-state index is 13.1. The molecule has 0 spiro atoms. The van der Waals surface area contributed by atoms with Crippen LogP contribution in [0.2, 0.25) is 0 Å². The summed E-state index contributed by atoms with van der Waals surface area (Å²) in [6, 6.07) is 0.447. The number of rotatable bonds is 3. The van der Waals surface area contributed by atoms with Gasteiger partial charge in [0.25, 0.3) is 5.91 Å². The Balaban J connectivity index is 1.51. The highest BCUT2D eigenvalue weighted by Gasteiger charge is 2.47. The number of amides is 1. The Kier molecular flexibility index (Phi) is 4.45. The highest BCUT2D eigenvalue weighted by molar-refractivity contribution is 7.12. The van der Waals surface area contributed by atoms with Crippen molar-refractivity contribution in [2.24, 2.45) is 0 Å². The number of thiazole rings is 1. The van der Waals surface area contributed by atoms with E-state index in [1.165, 1.54) is 12.3 Å². The van der Waals surface area contributed by atoms with Gasteiger partial charge >= 0.3 is 6.18 Å². The summed E-state index contributed by atoms with van der Waals surface area (Å²) in [7, 11) is 0. The fourth-order valence-corrected chi connectivity index (χ4v) is 3.92. The number of aliphatic hydroxyl groups excluding tert-OH is 1. The summed E-state index contributed by atoms with van der Waals surface area (Å²) in [5.74, 6) is -0.561. The Morgan fingerprint density at radius 2 is 2.11 bits per heavy atom. The third kappa shape index (κ3) is 3.33. The van der Waals surface area contributed by atoms with Gasteiger partial charge in [-0.25, -0.2) is 9.67 Å². The van der Waals surface area contributed by atoms with Gasteiger partial charge in [-0.05, 0) is 13.0 Å². The molecule has 4 rings (SSSR count). The number of halogens is 3. The molecular weight excluding hydrogens is 389 g/mol. The van der Waals surface area contributed by atoms with Crippen molar-refractivity contribution in [3.05, 3.63) is 28.5 Å². The molecule has 27 heavy (non-hydrogen) atoms. The predicted molar refractivity (Wildman–Crippen MR) is 85.7 cm³/mol. The Morgan fingerprint density at radius 1 is 1.37 bits per heavy atom. The molecule has 12 heteroatoms. The fraction of sp³-hybridized carbons (Fsp3) is 0.533. The van der Waals surface area contributed by atoms with Crippen molar-refractivity contribution >= 4 is 17.2 Å². The van der Waals surface area contributed by atoms with E-state index in [0.717, 1.165) is 17.4 Å². The minimum Gasteiger partial charge on any atom is -0.388 e. The minimum absolute atomic E-state index is 0.0294. The van der Waals surface area contributed by atoms with E-state index in [1.54, 1.807) is 0 Å². The van der Waals surface area contributed by atoms with Crippen LogP contribution in [0.15, 0.2) is 11.4 Å². The molecular formula is C15H15F3N4O4S. The number of aryl methyl sites for hydroxylation is 1. The molecule has 2 aromatic heterocycles. The second-order valence-electron chi connectivity index (χ2n) is 6.34. The zero-order valence-corrected chi connectivity index (χ0v) is 14.8. The van der Waals surface area contributed by atoms with Gasteiger partial charge in [-0.1, -0.05) is 0 Å². The molecule has 146 valence electrons. The van der Waals surface area contributed by atoms with Crippen molar-refractivity contribution < 1.29 is 32.5 Å². The smallest absolute Gasteiger partial charge is 0.388 e. The summed E-state index contributed by atoms with van der Waals surface area (Å²) in [6.45, 7) is 1.74. The molecule has 0 aliphatic carbocycles. The van der Waals surface area contributed by atoms with Crippen molar-refractivity contribution in [2.45, 2.75) is 37.5 Å². The highest BCUT2D eigenvalue weighted by Crippen LogP contribution is 2.32. The molecule has 2 N–H and O–H groups in total. The number of nitrogens with one attached hydrogen (secondary N) is 1. The summed E-state index contributed by atoms with van der Waals surface area (Å²) in [4.78, 5) is 16.4. The number of aliphatic hydroxyl groups is 1. The Labute approximate surface area is 154 Å². The van der Waals surface area contributed by atoms with E-state index in [-0.39, 0.29) is 29.7 Å². The minimum atomic E-state index is -4.59. The van der Waals surface area contributed by atoms with Crippen molar-refractivity contribution in [2.75, 3.05) is 13.2 Å². The molecule has 0 unspecified atom stereocenters. The van der Waals surface area contributed by atoms with Gasteiger partial charge in [-0.3, -0.25) is 4.79 Å². The number of nitrogens with zero attached hydrogens (tertiary/aromatic N) is 3. The van der Waals surface area contributed by atoms with Crippen molar-refractivity contribution in [3.63, 3.8) is 0 Å². The number of fused-ring (bicyclic) bond motifs is 1. The standard InChI is InChI=1S/C15H15F3N4O4S/c1-6-2-10(15(16,17)18)22(21-6)14-20-8(5-27-14)13(24)19-7-3-25-12-9(23)4-26-11(7)12/h2,5,7,9,11-12,23H,3-4H2,1H3,(H,19,24)/t7-,9-,11-,12-/m1/s1. The predicted octanol–water partition coefficient (Wildman–Crippen LogP) is 0.913. The van der Waals surface area contributed by atoms with Crippen LogP contribution in [0.5, 0.6) is 0 Å². The molecule has 4 atom stereocenters. The zero-order valence-electron chi connectivity index (χ0n) is 13.9. The average Bonchev–Trinajstić information content (AvgIpc) is 3.33. The first kappa shape index (κ1) is 18.3. The maximum absolute atomic E-state index is 13.1. The van der Waals surface area contributed by atoms with Gasteiger partial charge < -0.3 is 19.9 Å². The van der Waals surface area contributed by atoms with Crippen molar-refractivity contribution in [3.8, 4) is 5.13 Å². The van der Waals surface area contributed by atoms with Crippen LogP contribution in [0.4, 0.5) is 13.2 Å². The van der Waals surface area contributed by atoms with E-state index < -0.39 is 42.1 Å². The molecule has 0 aromatic carbocycles. The lowest BCUT2D eigenvalue weighted by Crippen LogP contribution is -2.44. The largest absolute Gasteiger partial charge is 0.433 e. The molecule has 2 aliphatic heterocycles. The molecule has 2 fully saturated rings. The Bertz CT molecular complexity index is 868. The number of hydrogen-bond donors (Lipinski definition) is 2. The third-order valence-corrected chi connectivity index (χ3v) is 5.19. The molecule has 2 saturated heterocycles. The van der Waals surface area contributed by atoms with E-state index in [9.17, 15) is 23.1 Å². The molecule has 0 radical (unpaired) electrons. The molecule has 8 nitrogen and oxygen atoms in total. The van der Waals surface area contributed by atoms with Gasteiger partial charge in [-0.15, -0.1) is 11.3 Å². The Hall–Kier alpha value is -2.02. The second-order valence-corrected chi connectivity index (χ2v) is 7.18. The Morgan fingerprint density at radius 3 is 2.85 bits per heavy atom. The zero-order chi connectivity index (χ0) is 19.3. The number of carbonyl (C=O) groups excluding carboxylic acids is 1. The van der Waals surface area contributed by atoms with E-state index in [0.29, 0.717) is 4.68 Å². The lowest BCUT2D eigenvalue weighted by molar-refractivity contribution is -0.142. The number of aromatic nitrogens is 3. The van der Waals surface area contributed by atoms with E-state index in [2.05, 4.69) is 15.4 Å².